The number of aromatic nitrogens is 3. The number of pyridine rings is 1. The van der Waals surface area contributed by atoms with Crippen LogP contribution in [-0.2, 0) is 16.1 Å². The zero-order chi connectivity index (χ0) is 30.4. The number of benzene rings is 1. The number of alkyl halides is 3. The van der Waals surface area contributed by atoms with Crippen LogP contribution in [0.2, 0.25) is 0 Å². The van der Waals surface area contributed by atoms with E-state index < -0.39 is 12.1 Å². The van der Waals surface area contributed by atoms with Crippen molar-refractivity contribution in [3.05, 3.63) is 66.1 Å². The lowest BCUT2D eigenvalue weighted by molar-refractivity contribution is -0.192. The first kappa shape index (κ1) is 30.5. The number of hydrogen-bond acceptors (Lipinski definition) is 8. The summed E-state index contributed by atoms with van der Waals surface area (Å²) in [6.45, 7) is 10.1. The van der Waals surface area contributed by atoms with E-state index in [4.69, 9.17) is 9.90 Å². The van der Waals surface area contributed by atoms with Crippen molar-refractivity contribution >= 4 is 35.0 Å². The quantitative estimate of drug-likeness (QED) is 0.431. The Bertz CT molecular complexity index is 1360. The Kier molecular flexibility index (Phi) is 9.48. The highest BCUT2D eigenvalue weighted by Crippen LogP contribution is 2.39. The maximum atomic E-state index is 13.7. The van der Waals surface area contributed by atoms with Crippen LogP contribution in [0.25, 0.3) is 0 Å². The molecule has 1 unspecified atom stereocenters. The van der Waals surface area contributed by atoms with Crippen molar-refractivity contribution < 1.29 is 27.9 Å². The largest absolute Gasteiger partial charge is 0.490 e. The van der Waals surface area contributed by atoms with E-state index in [2.05, 4.69) is 75.1 Å². The van der Waals surface area contributed by atoms with Crippen LogP contribution in [0.15, 0.2) is 55.0 Å². The fraction of sp³-hybridized carbons (Fsp3) is 0.414. The molecule has 2 aromatic heterocycles. The van der Waals surface area contributed by atoms with Gasteiger partial charge in [0.2, 0.25) is 5.91 Å². The smallest absolute Gasteiger partial charge is 0.475 e. The Morgan fingerprint density at radius 1 is 1.02 bits per heavy atom. The first-order chi connectivity index (χ1) is 19.9. The normalized spacial score (nSPS) is 16.9. The Labute approximate surface area is 242 Å². The van der Waals surface area contributed by atoms with E-state index in [1.807, 2.05) is 29.3 Å². The number of carbonyl (C=O) groups excluding carboxylic acids is 1. The van der Waals surface area contributed by atoms with Crippen LogP contribution in [0.4, 0.5) is 36.3 Å². The molecule has 4 heterocycles. The van der Waals surface area contributed by atoms with Crippen molar-refractivity contribution in [2.45, 2.75) is 46.0 Å². The lowest BCUT2D eigenvalue weighted by Crippen LogP contribution is -2.50. The minimum Gasteiger partial charge on any atom is -0.475 e. The molecule has 3 aromatic rings. The van der Waals surface area contributed by atoms with Crippen molar-refractivity contribution in [2.75, 3.05) is 46.2 Å². The maximum absolute atomic E-state index is 13.7. The molecule has 10 nitrogen and oxygen atoms in total. The summed E-state index contributed by atoms with van der Waals surface area (Å²) in [6.07, 6.45) is -0.889. The van der Waals surface area contributed by atoms with E-state index in [-0.39, 0.29) is 11.9 Å². The van der Waals surface area contributed by atoms with Gasteiger partial charge in [0.15, 0.2) is 11.6 Å². The number of carboxylic acid groups (broad SMARTS) is 1. The summed E-state index contributed by atoms with van der Waals surface area (Å²) in [5.74, 6) is 0.250. The number of carboxylic acids is 1. The van der Waals surface area contributed by atoms with Gasteiger partial charge in [-0.3, -0.25) is 9.69 Å². The highest BCUT2D eigenvalue weighted by atomic mass is 19.4. The number of carbonyl (C=O) groups is 2. The van der Waals surface area contributed by atoms with E-state index in [0.717, 1.165) is 61.3 Å². The number of nitrogens with one attached hydrogen (secondary N) is 1. The summed E-state index contributed by atoms with van der Waals surface area (Å²) >= 11 is 0. The highest BCUT2D eigenvalue weighted by molar-refractivity contribution is 6.06. The molecule has 1 atom stereocenters. The fourth-order valence-electron chi connectivity index (χ4n) is 4.83. The Balaban J connectivity index is 0.000000517. The molecular formula is C29H34F3N7O3. The van der Waals surface area contributed by atoms with Gasteiger partial charge in [0.25, 0.3) is 0 Å². The topological polar surface area (TPSA) is 115 Å². The predicted molar refractivity (Wildman–Crippen MR) is 154 cm³/mol. The molecule has 0 radical (unpaired) electrons. The molecule has 224 valence electrons. The van der Waals surface area contributed by atoms with Gasteiger partial charge in [0.05, 0.1) is 6.54 Å². The number of nitrogens with zero attached hydrogens (tertiary/aromatic N) is 6. The van der Waals surface area contributed by atoms with Crippen molar-refractivity contribution in [3.8, 4) is 0 Å². The van der Waals surface area contributed by atoms with Crippen molar-refractivity contribution in [3.63, 3.8) is 0 Å². The fourth-order valence-corrected chi connectivity index (χ4v) is 4.83. The SMILES string of the molecule is Cc1ccc(CN2C(=O)C(CC(C)C)Nc3ncnc(N4CCN(c5ccccn5)CC4)c32)cc1.O=C(O)C(F)(F)F. The van der Waals surface area contributed by atoms with Gasteiger partial charge in [-0.05, 0) is 37.0 Å². The van der Waals surface area contributed by atoms with Crippen LogP contribution in [0.1, 0.15) is 31.4 Å². The molecule has 0 bridgehead atoms. The van der Waals surface area contributed by atoms with Crippen LogP contribution in [0.5, 0.6) is 0 Å². The summed E-state index contributed by atoms with van der Waals surface area (Å²) in [4.78, 5) is 42.8. The van der Waals surface area contributed by atoms with E-state index in [0.29, 0.717) is 12.5 Å². The summed E-state index contributed by atoms with van der Waals surface area (Å²) in [5.41, 5.74) is 3.08. The zero-order valence-electron chi connectivity index (χ0n) is 23.7. The van der Waals surface area contributed by atoms with Gasteiger partial charge in [-0.25, -0.2) is 19.7 Å². The van der Waals surface area contributed by atoms with E-state index in [1.165, 1.54) is 5.56 Å². The van der Waals surface area contributed by atoms with Crippen LogP contribution in [0.3, 0.4) is 0 Å². The first-order valence-corrected chi connectivity index (χ1v) is 13.6. The number of aryl methyl sites for hydroxylation is 1. The Hall–Kier alpha value is -4.42. The second-order valence-corrected chi connectivity index (χ2v) is 10.6. The van der Waals surface area contributed by atoms with E-state index in [9.17, 15) is 18.0 Å². The zero-order valence-corrected chi connectivity index (χ0v) is 23.7. The predicted octanol–water partition coefficient (Wildman–Crippen LogP) is 4.51. The summed E-state index contributed by atoms with van der Waals surface area (Å²) in [5, 5.41) is 10.6. The summed E-state index contributed by atoms with van der Waals surface area (Å²) < 4.78 is 31.7. The average Bonchev–Trinajstić information content (AvgIpc) is 2.96. The standard InChI is InChI=1S/C27H33N7O.C2HF3O2/c1-19(2)16-22-27(35)34(17-21-9-7-20(3)8-10-21)24-25(31-22)29-18-30-26(24)33-14-12-32(13-15-33)23-6-4-5-11-28-23;3-2(4,5)1(6)7/h4-11,18-19,22H,12-17H2,1-3H3,(H,29,30,31);(H,6,7). The molecule has 2 N–H and O–H groups in total. The number of amides is 1. The Morgan fingerprint density at radius 2 is 1.67 bits per heavy atom. The first-order valence-electron chi connectivity index (χ1n) is 13.6. The third-order valence-corrected chi connectivity index (χ3v) is 6.91. The minimum atomic E-state index is -5.08. The van der Waals surface area contributed by atoms with Gasteiger partial charge in [-0.2, -0.15) is 13.2 Å². The number of fused-ring (bicyclic) bond motifs is 1. The average molecular weight is 586 g/mol. The third kappa shape index (κ3) is 7.45. The molecule has 1 saturated heterocycles. The van der Waals surface area contributed by atoms with Crippen molar-refractivity contribution in [1.82, 2.24) is 15.0 Å². The summed E-state index contributed by atoms with van der Waals surface area (Å²) in [6, 6.07) is 14.1. The van der Waals surface area contributed by atoms with Crippen LogP contribution < -0.4 is 20.0 Å². The molecule has 2 aliphatic heterocycles. The molecule has 5 rings (SSSR count). The second-order valence-electron chi connectivity index (χ2n) is 10.6. The third-order valence-electron chi connectivity index (χ3n) is 6.91. The Morgan fingerprint density at radius 3 is 2.24 bits per heavy atom. The minimum absolute atomic E-state index is 0.0787. The van der Waals surface area contributed by atoms with Gasteiger partial charge < -0.3 is 20.2 Å². The number of rotatable bonds is 6. The van der Waals surface area contributed by atoms with E-state index in [1.54, 1.807) is 6.33 Å². The molecule has 1 aromatic carbocycles. The molecule has 2 aliphatic rings. The molecule has 1 fully saturated rings. The maximum Gasteiger partial charge on any atom is 0.490 e. The number of hydrogen-bond donors (Lipinski definition) is 2. The number of aliphatic carboxylic acids is 1. The molecule has 0 spiro atoms. The number of halogens is 3. The van der Waals surface area contributed by atoms with Gasteiger partial charge in [0.1, 0.15) is 23.9 Å². The molecule has 42 heavy (non-hydrogen) atoms. The van der Waals surface area contributed by atoms with E-state index >= 15 is 0 Å². The van der Waals surface area contributed by atoms with Gasteiger partial charge >= 0.3 is 12.1 Å². The van der Waals surface area contributed by atoms with Crippen LogP contribution in [-0.4, -0.2) is 70.3 Å². The lowest BCUT2D eigenvalue weighted by atomic mass is 10.00. The van der Waals surface area contributed by atoms with Crippen LogP contribution in [0, 0.1) is 12.8 Å². The molecule has 0 saturated carbocycles. The number of piperazine rings is 1. The van der Waals surface area contributed by atoms with Crippen LogP contribution >= 0.6 is 0 Å². The van der Waals surface area contributed by atoms with Gasteiger partial charge in [-0.1, -0.05) is 49.7 Å². The highest BCUT2D eigenvalue weighted by Gasteiger charge is 2.39. The monoisotopic (exact) mass is 585 g/mol. The molecule has 1 amide bonds. The molecule has 13 heteroatoms. The number of anilines is 4. The van der Waals surface area contributed by atoms with Gasteiger partial charge in [-0.15, -0.1) is 0 Å². The second kappa shape index (κ2) is 13.0. The lowest BCUT2D eigenvalue weighted by Gasteiger charge is -2.40. The van der Waals surface area contributed by atoms with Crippen molar-refractivity contribution in [2.24, 2.45) is 5.92 Å². The molecular weight excluding hydrogens is 551 g/mol. The van der Waals surface area contributed by atoms with Crippen molar-refractivity contribution in [1.29, 1.82) is 0 Å². The van der Waals surface area contributed by atoms with Gasteiger partial charge in [0, 0.05) is 32.4 Å². The molecule has 0 aliphatic carbocycles. The summed E-state index contributed by atoms with van der Waals surface area (Å²) in [7, 11) is 0.